The van der Waals surface area contributed by atoms with E-state index >= 15 is 0 Å². The molecule has 0 spiro atoms. The van der Waals surface area contributed by atoms with Crippen molar-refractivity contribution >= 4 is 21.9 Å². The van der Waals surface area contributed by atoms with E-state index in [2.05, 4.69) is 9.71 Å². The minimum Gasteiger partial charge on any atom is -0.456 e. The van der Waals surface area contributed by atoms with Crippen LogP contribution < -0.4 is 4.72 Å². The molecule has 0 aliphatic heterocycles. The topological polar surface area (TPSA) is 111 Å². The first-order valence-electron chi connectivity index (χ1n) is 8.72. The quantitative estimate of drug-likeness (QED) is 0.592. The van der Waals surface area contributed by atoms with E-state index in [9.17, 15) is 22.4 Å². The van der Waals surface area contributed by atoms with Gasteiger partial charge in [0.05, 0.1) is 6.42 Å². The van der Waals surface area contributed by atoms with E-state index in [-0.39, 0.29) is 30.4 Å². The van der Waals surface area contributed by atoms with Crippen LogP contribution in [0.3, 0.4) is 0 Å². The van der Waals surface area contributed by atoms with Gasteiger partial charge in [0.2, 0.25) is 0 Å². The van der Waals surface area contributed by atoms with E-state index in [0.29, 0.717) is 5.82 Å². The minimum atomic E-state index is -3.83. The number of nitrogens with one attached hydrogen (secondary N) is 1. The molecule has 9 nitrogen and oxygen atoms in total. The third kappa shape index (κ3) is 6.64. The molecule has 0 radical (unpaired) electrons. The molecule has 158 valence electrons. The summed E-state index contributed by atoms with van der Waals surface area (Å²) in [5.41, 5.74) is 0.729. The maximum Gasteiger partial charge on any atom is 0.307 e. The predicted octanol–water partition coefficient (Wildman–Crippen LogP) is 0.738. The van der Waals surface area contributed by atoms with Gasteiger partial charge in [-0.3, -0.25) is 9.59 Å². The first-order valence-corrected chi connectivity index (χ1v) is 10.2. The lowest BCUT2D eigenvalue weighted by atomic mass is 10.2. The summed E-state index contributed by atoms with van der Waals surface area (Å²) < 4.78 is 45.8. The van der Waals surface area contributed by atoms with Crippen LogP contribution in [0.4, 0.5) is 4.39 Å². The molecular weight excluding hydrogens is 403 g/mol. The molecule has 11 heteroatoms. The molecule has 1 N–H and O–H groups in total. The Balaban J connectivity index is 1.73. The number of imidazole rings is 1. The lowest BCUT2D eigenvalue weighted by molar-refractivity contribution is -0.151. The monoisotopic (exact) mass is 426 g/mol. The number of nitrogens with zero attached hydrogens (tertiary/aromatic N) is 3. The molecule has 1 heterocycles. The number of amides is 1. The van der Waals surface area contributed by atoms with Crippen molar-refractivity contribution in [3.63, 3.8) is 0 Å². The molecule has 29 heavy (non-hydrogen) atoms. The van der Waals surface area contributed by atoms with Crippen LogP contribution in [-0.2, 0) is 37.9 Å². The molecule has 2 rings (SSSR count). The van der Waals surface area contributed by atoms with Crippen molar-refractivity contribution in [1.82, 2.24) is 19.2 Å². The molecule has 0 fully saturated rings. The van der Waals surface area contributed by atoms with Crippen LogP contribution in [-0.4, -0.2) is 54.9 Å². The first-order chi connectivity index (χ1) is 13.6. The Labute approximate surface area is 168 Å². The third-order valence-corrected chi connectivity index (χ3v) is 5.43. The van der Waals surface area contributed by atoms with Gasteiger partial charge in [0.1, 0.15) is 11.6 Å². The average molecular weight is 426 g/mol. The highest BCUT2D eigenvalue weighted by atomic mass is 32.2. The SMILES string of the molecule is Cc1nc(S(=O)(=O)NCCC(=O)OCC(=O)N(C)Cc2ccc(F)cc2)cn1C. The number of carbonyl (C=O) groups excluding carboxylic acids is 2. The minimum absolute atomic E-state index is 0.136. The van der Waals surface area contributed by atoms with E-state index in [1.807, 2.05) is 0 Å². The molecule has 0 aliphatic rings. The summed E-state index contributed by atoms with van der Waals surface area (Å²) in [4.78, 5) is 29.0. The number of aryl methyl sites for hydroxylation is 2. The van der Waals surface area contributed by atoms with Crippen molar-refractivity contribution in [1.29, 1.82) is 0 Å². The number of sulfonamides is 1. The van der Waals surface area contributed by atoms with E-state index in [0.717, 1.165) is 5.56 Å². The van der Waals surface area contributed by atoms with E-state index in [1.54, 1.807) is 30.7 Å². The van der Waals surface area contributed by atoms with Crippen molar-refractivity contribution in [3.05, 3.63) is 47.7 Å². The van der Waals surface area contributed by atoms with Gasteiger partial charge in [-0.05, 0) is 24.6 Å². The molecule has 1 aromatic carbocycles. The van der Waals surface area contributed by atoms with Gasteiger partial charge in [0.15, 0.2) is 11.6 Å². The van der Waals surface area contributed by atoms with E-state index in [4.69, 9.17) is 4.74 Å². The number of esters is 1. The maximum atomic E-state index is 12.9. The van der Waals surface area contributed by atoms with Crippen LogP contribution >= 0.6 is 0 Å². The first kappa shape index (κ1) is 22.5. The largest absolute Gasteiger partial charge is 0.456 e. The Morgan fingerprint density at radius 3 is 2.52 bits per heavy atom. The maximum absolute atomic E-state index is 12.9. The van der Waals surface area contributed by atoms with Crippen LogP contribution in [0.25, 0.3) is 0 Å². The Bertz CT molecular complexity index is 953. The summed E-state index contributed by atoms with van der Waals surface area (Å²) in [5.74, 6) is -0.987. The number of aromatic nitrogens is 2. The zero-order chi connectivity index (χ0) is 21.6. The molecule has 0 atom stereocenters. The highest BCUT2D eigenvalue weighted by molar-refractivity contribution is 7.89. The van der Waals surface area contributed by atoms with Gasteiger partial charge in [0.25, 0.3) is 15.9 Å². The van der Waals surface area contributed by atoms with Crippen molar-refractivity contribution in [2.45, 2.75) is 24.9 Å². The number of ether oxygens (including phenoxy) is 1. The lowest BCUT2D eigenvalue weighted by Crippen LogP contribution is -2.32. The predicted molar refractivity (Wildman–Crippen MR) is 102 cm³/mol. The van der Waals surface area contributed by atoms with Crippen LogP contribution in [0, 0.1) is 12.7 Å². The second-order valence-corrected chi connectivity index (χ2v) is 8.14. The van der Waals surface area contributed by atoms with Gasteiger partial charge in [-0.15, -0.1) is 0 Å². The zero-order valence-electron chi connectivity index (χ0n) is 16.4. The van der Waals surface area contributed by atoms with Crippen molar-refractivity contribution < 1.29 is 27.1 Å². The third-order valence-electron chi connectivity index (χ3n) is 4.10. The fourth-order valence-corrected chi connectivity index (χ4v) is 3.36. The summed E-state index contributed by atoms with van der Waals surface area (Å²) in [7, 11) is -0.632. The molecule has 0 saturated heterocycles. The van der Waals surface area contributed by atoms with E-state index in [1.165, 1.54) is 30.3 Å². The Kier molecular flexibility index (Phi) is 7.46. The molecule has 0 unspecified atom stereocenters. The normalized spacial score (nSPS) is 11.3. The van der Waals surface area contributed by atoms with Crippen LogP contribution in [0.5, 0.6) is 0 Å². The fourth-order valence-electron chi connectivity index (χ4n) is 2.29. The Hall–Kier alpha value is -2.79. The molecule has 1 amide bonds. The van der Waals surface area contributed by atoms with Crippen molar-refractivity contribution in [2.24, 2.45) is 7.05 Å². The molecule has 2 aromatic rings. The van der Waals surface area contributed by atoms with Crippen LogP contribution in [0.1, 0.15) is 17.8 Å². The van der Waals surface area contributed by atoms with Gasteiger partial charge >= 0.3 is 5.97 Å². The number of likely N-dealkylation sites (N-methyl/N-ethyl adjacent to an activating group) is 1. The molecule has 1 aromatic heterocycles. The standard InChI is InChI=1S/C18H23FN4O5S/c1-13-21-16(11-22(13)2)29(26,27)20-9-8-18(25)28-12-17(24)23(3)10-14-4-6-15(19)7-5-14/h4-7,11,20H,8-10,12H2,1-3H3. The number of hydrogen-bond acceptors (Lipinski definition) is 6. The molecule has 0 saturated carbocycles. The molecule has 0 bridgehead atoms. The van der Waals surface area contributed by atoms with E-state index < -0.39 is 28.5 Å². The van der Waals surface area contributed by atoms with Crippen molar-refractivity contribution in [2.75, 3.05) is 20.2 Å². The number of carbonyl (C=O) groups is 2. The summed E-state index contributed by atoms with van der Waals surface area (Å²) >= 11 is 0. The lowest BCUT2D eigenvalue weighted by Gasteiger charge is -2.17. The second-order valence-electron chi connectivity index (χ2n) is 6.42. The van der Waals surface area contributed by atoms with Gasteiger partial charge in [-0.25, -0.2) is 22.5 Å². The second kappa shape index (κ2) is 9.61. The summed E-state index contributed by atoms with van der Waals surface area (Å²) in [5, 5.41) is -0.136. The number of benzene rings is 1. The van der Waals surface area contributed by atoms with Gasteiger partial charge in [-0.2, -0.15) is 0 Å². The van der Waals surface area contributed by atoms with Gasteiger partial charge < -0.3 is 14.2 Å². The average Bonchev–Trinajstić information content (AvgIpc) is 3.01. The van der Waals surface area contributed by atoms with Crippen LogP contribution in [0.15, 0.2) is 35.5 Å². The Morgan fingerprint density at radius 2 is 1.93 bits per heavy atom. The van der Waals surface area contributed by atoms with Gasteiger partial charge in [-0.1, -0.05) is 12.1 Å². The highest BCUT2D eigenvalue weighted by Crippen LogP contribution is 2.08. The Morgan fingerprint density at radius 1 is 1.28 bits per heavy atom. The fraction of sp³-hybridized carbons (Fsp3) is 0.389. The van der Waals surface area contributed by atoms with Crippen molar-refractivity contribution in [3.8, 4) is 0 Å². The molecular formula is C18H23FN4O5S. The number of rotatable bonds is 9. The van der Waals surface area contributed by atoms with Crippen LogP contribution in [0.2, 0.25) is 0 Å². The zero-order valence-corrected chi connectivity index (χ0v) is 17.2. The highest BCUT2D eigenvalue weighted by Gasteiger charge is 2.19. The summed E-state index contributed by atoms with van der Waals surface area (Å²) in [6.07, 6.45) is 1.13. The number of halogens is 1. The van der Waals surface area contributed by atoms with Gasteiger partial charge in [0, 0.05) is 33.4 Å². The summed E-state index contributed by atoms with van der Waals surface area (Å²) in [6.45, 7) is 1.25. The smallest absolute Gasteiger partial charge is 0.307 e. The summed E-state index contributed by atoms with van der Waals surface area (Å²) in [6, 6.07) is 5.70. The molecule has 0 aliphatic carbocycles. The number of hydrogen-bond donors (Lipinski definition) is 1.